The first-order valence-electron chi connectivity index (χ1n) is 11.9. The number of piperidine rings is 1. The third-order valence-corrected chi connectivity index (χ3v) is 9.47. The number of benzene rings is 1. The number of aromatic nitrogens is 4. The van der Waals surface area contributed by atoms with Gasteiger partial charge in [-0.3, -0.25) is 0 Å². The zero-order valence-electron chi connectivity index (χ0n) is 19.8. The second kappa shape index (κ2) is 8.66. The van der Waals surface area contributed by atoms with Gasteiger partial charge < -0.3 is 13.9 Å². The molecule has 6 rings (SSSR count). The van der Waals surface area contributed by atoms with E-state index in [9.17, 15) is 0 Å². The molecule has 0 bridgehead atoms. The van der Waals surface area contributed by atoms with E-state index in [1.807, 2.05) is 29.9 Å². The first-order valence-corrected chi connectivity index (χ1v) is 13.7. The van der Waals surface area contributed by atoms with Crippen molar-refractivity contribution in [2.75, 3.05) is 25.4 Å². The molecule has 1 aliphatic carbocycles. The van der Waals surface area contributed by atoms with Gasteiger partial charge in [0.15, 0.2) is 17.3 Å². The summed E-state index contributed by atoms with van der Waals surface area (Å²) in [5, 5.41) is 9.60. The molecule has 0 amide bonds. The molecule has 6 nitrogen and oxygen atoms in total. The second-order valence-corrected chi connectivity index (χ2v) is 12.0. The molecule has 1 saturated heterocycles. The van der Waals surface area contributed by atoms with Gasteiger partial charge in [0.25, 0.3) is 0 Å². The van der Waals surface area contributed by atoms with Gasteiger partial charge >= 0.3 is 0 Å². The van der Waals surface area contributed by atoms with E-state index in [2.05, 4.69) is 63.4 Å². The number of hydrogen-bond donors (Lipinski definition) is 0. The number of oxazole rings is 1. The number of fused-ring (bicyclic) bond motifs is 1. The summed E-state index contributed by atoms with van der Waals surface area (Å²) < 4.78 is 7.48. The molecular formula is C26H29N5OS2. The average Bonchev–Trinajstić information content (AvgIpc) is 3.31. The monoisotopic (exact) mass is 491 g/mol. The molecule has 0 unspecified atom stereocenters. The van der Waals surface area contributed by atoms with E-state index in [1.54, 1.807) is 11.8 Å². The molecule has 4 aromatic rings. The minimum atomic E-state index is 0.378. The maximum absolute atomic E-state index is 5.48. The molecule has 1 aromatic carbocycles. The number of aryl methyl sites for hydroxylation is 2. The minimum absolute atomic E-state index is 0.378. The molecule has 3 aromatic heterocycles. The van der Waals surface area contributed by atoms with Crippen LogP contribution in [-0.4, -0.2) is 50.0 Å². The van der Waals surface area contributed by atoms with Crippen molar-refractivity contribution in [1.29, 1.82) is 0 Å². The topological polar surface area (TPSA) is 60.0 Å². The molecule has 1 aliphatic heterocycles. The Hall–Kier alpha value is -2.42. The molecule has 0 radical (unpaired) electrons. The van der Waals surface area contributed by atoms with Crippen molar-refractivity contribution in [1.82, 2.24) is 24.6 Å². The maximum atomic E-state index is 5.48. The zero-order chi connectivity index (χ0) is 23.3. The molecule has 8 heteroatoms. The SMILES string of the molecule is Cc1ccc(-c2cccc([C@@]34C[C@@H]3CN(CCCSc3nnc(-c5ocnc5C)n3C)C4)c2)s1. The van der Waals surface area contributed by atoms with Crippen LogP contribution in [0.2, 0.25) is 0 Å². The van der Waals surface area contributed by atoms with Crippen LogP contribution in [0.5, 0.6) is 0 Å². The Balaban J connectivity index is 1.04. The van der Waals surface area contributed by atoms with Crippen LogP contribution in [0.15, 0.2) is 52.4 Å². The number of likely N-dealkylation sites (tertiary alicyclic amines) is 1. The van der Waals surface area contributed by atoms with Crippen molar-refractivity contribution in [3.63, 3.8) is 0 Å². The standard InChI is InChI=1S/C26H29N5OS2/c1-17-8-9-22(34-17)19-6-4-7-20(12-19)26-13-21(26)14-31(15-26)10-5-11-33-25-29-28-24(30(25)3)23-18(2)27-16-32-23/h4,6-9,12,16,21H,5,10-11,13-15H2,1-3H3/t21-,26+/m1/s1. The van der Waals surface area contributed by atoms with Crippen molar-refractivity contribution in [2.45, 2.75) is 37.3 Å². The Morgan fingerprint density at radius 2 is 2.12 bits per heavy atom. The molecule has 2 aliphatic rings. The van der Waals surface area contributed by atoms with E-state index < -0.39 is 0 Å². The summed E-state index contributed by atoms with van der Waals surface area (Å²) >= 11 is 3.65. The fraction of sp³-hybridized carbons (Fsp3) is 0.423. The van der Waals surface area contributed by atoms with Crippen LogP contribution in [0, 0.1) is 19.8 Å². The van der Waals surface area contributed by atoms with Crippen LogP contribution in [0.3, 0.4) is 0 Å². The Morgan fingerprint density at radius 1 is 1.21 bits per heavy atom. The van der Waals surface area contributed by atoms with Crippen LogP contribution < -0.4 is 0 Å². The largest absolute Gasteiger partial charge is 0.440 e. The van der Waals surface area contributed by atoms with Gasteiger partial charge in [0.05, 0.1) is 5.69 Å². The van der Waals surface area contributed by atoms with Crippen molar-refractivity contribution < 1.29 is 4.42 Å². The van der Waals surface area contributed by atoms with Crippen LogP contribution in [0.25, 0.3) is 22.0 Å². The fourth-order valence-corrected chi connectivity index (χ4v) is 7.08. The molecule has 176 valence electrons. The van der Waals surface area contributed by atoms with Gasteiger partial charge in [-0.1, -0.05) is 30.0 Å². The third-order valence-electron chi connectivity index (χ3n) is 7.31. The first-order chi connectivity index (χ1) is 16.5. The molecule has 0 spiro atoms. The summed E-state index contributed by atoms with van der Waals surface area (Å²) in [4.78, 5) is 9.58. The predicted molar refractivity (Wildman–Crippen MR) is 137 cm³/mol. The molecule has 2 atom stereocenters. The highest BCUT2D eigenvalue weighted by Crippen LogP contribution is 2.59. The van der Waals surface area contributed by atoms with Gasteiger partial charge in [0.2, 0.25) is 5.82 Å². The first kappa shape index (κ1) is 22.1. The zero-order valence-corrected chi connectivity index (χ0v) is 21.5. The van der Waals surface area contributed by atoms with Gasteiger partial charge in [-0.2, -0.15) is 0 Å². The second-order valence-electron chi connectivity index (χ2n) is 9.62. The van der Waals surface area contributed by atoms with E-state index in [1.165, 1.54) is 46.8 Å². The third kappa shape index (κ3) is 3.91. The van der Waals surface area contributed by atoms with Gasteiger partial charge in [-0.05, 0) is 68.5 Å². The lowest BCUT2D eigenvalue weighted by Crippen LogP contribution is -2.27. The lowest BCUT2D eigenvalue weighted by molar-refractivity contribution is 0.299. The Labute approximate surface area is 208 Å². The van der Waals surface area contributed by atoms with E-state index in [4.69, 9.17) is 4.42 Å². The van der Waals surface area contributed by atoms with E-state index in [-0.39, 0.29) is 0 Å². The molecule has 0 N–H and O–H groups in total. The van der Waals surface area contributed by atoms with Crippen LogP contribution >= 0.6 is 23.1 Å². The van der Waals surface area contributed by atoms with Crippen molar-refractivity contribution in [3.8, 4) is 22.0 Å². The molecule has 4 heterocycles. The Morgan fingerprint density at radius 3 is 2.91 bits per heavy atom. The number of thiophene rings is 1. The van der Waals surface area contributed by atoms with Gasteiger partial charge in [-0.15, -0.1) is 21.5 Å². The van der Waals surface area contributed by atoms with E-state index >= 15 is 0 Å². The predicted octanol–water partition coefficient (Wildman–Crippen LogP) is 5.57. The van der Waals surface area contributed by atoms with Crippen LogP contribution in [-0.2, 0) is 12.5 Å². The summed E-state index contributed by atoms with van der Waals surface area (Å²) in [6.07, 6.45) is 3.94. The smallest absolute Gasteiger partial charge is 0.202 e. The summed E-state index contributed by atoms with van der Waals surface area (Å²) in [7, 11) is 1.99. The molecular weight excluding hydrogens is 462 g/mol. The molecule has 1 saturated carbocycles. The van der Waals surface area contributed by atoms with Gasteiger partial charge in [0, 0.05) is 41.1 Å². The van der Waals surface area contributed by atoms with Crippen molar-refractivity contribution >= 4 is 23.1 Å². The summed E-state index contributed by atoms with van der Waals surface area (Å²) in [5.74, 6) is 3.27. The maximum Gasteiger partial charge on any atom is 0.202 e. The highest BCUT2D eigenvalue weighted by atomic mass is 32.2. The number of rotatable bonds is 8. The summed E-state index contributed by atoms with van der Waals surface area (Å²) in [6.45, 7) is 7.66. The molecule has 34 heavy (non-hydrogen) atoms. The average molecular weight is 492 g/mol. The van der Waals surface area contributed by atoms with Crippen molar-refractivity contribution in [3.05, 3.63) is 58.9 Å². The number of nitrogens with zero attached hydrogens (tertiary/aromatic N) is 5. The minimum Gasteiger partial charge on any atom is -0.440 e. The van der Waals surface area contributed by atoms with Crippen LogP contribution in [0.4, 0.5) is 0 Å². The summed E-state index contributed by atoms with van der Waals surface area (Å²) in [5.41, 5.74) is 4.12. The van der Waals surface area contributed by atoms with Crippen LogP contribution in [0.1, 0.15) is 29.0 Å². The lowest BCUT2D eigenvalue weighted by Gasteiger charge is -2.21. The fourth-order valence-electron chi connectivity index (χ4n) is 5.38. The summed E-state index contributed by atoms with van der Waals surface area (Å²) in [6, 6.07) is 13.8. The lowest BCUT2D eigenvalue weighted by atomic mass is 9.93. The highest BCUT2D eigenvalue weighted by molar-refractivity contribution is 7.99. The number of thioether (sulfide) groups is 1. The highest BCUT2D eigenvalue weighted by Gasteiger charge is 2.60. The Kier molecular flexibility index (Phi) is 5.62. The quantitative estimate of drug-likeness (QED) is 0.237. The molecule has 2 fully saturated rings. The van der Waals surface area contributed by atoms with Crippen molar-refractivity contribution in [2.24, 2.45) is 13.0 Å². The number of hydrogen-bond acceptors (Lipinski definition) is 7. The van der Waals surface area contributed by atoms with E-state index in [0.29, 0.717) is 11.2 Å². The van der Waals surface area contributed by atoms with Gasteiger partial charge in [-0.25, -0.2) is 4.98 Å². The van der Waals surface area contributed by atoms with Gasteiger partial charge in [0.1, 0.15) is 0 Å². The van der Waals surface area contributed by atoms with E-state index in [0.717, 1.165) is 41.3 Å². The normalized spacial score (nSPS) is 21.8. The Bertz CT molecular complexity index is 1320.